The third-order valence-electron chi connectivity index (χ3n) is 4.08. The van der Waals surface area contributed by atoms with Crippen LogP contribution >= 0.6 is 15.9 Å². The van der Waals surface area contributed by atoms with Crippen LogP contribution in [0.5, 0.6) is 5.75 Å². The minimum Gasteiger partial charge on any atom is -0.490 e. The first-order chi connectivity index (χ1) is 8.83. The van der Waals surface area contributed by atoms with E-state index < -0.39 is 0 Å². The van der Waals surface area contributed by atoms with Crippen molar-refractivity contribution >= 4 is 21.6 Å². The number of rotatable bonds is 2. The molecule has 1 heterocycles. The Hall–Kier alpha value is -0.700. The second-order valence-corrected chi connectivity index (χ2v) is 6.33. The number of benzene rings is 1. The number of hydrogen-bond acceptors (Lipinski definition) is 2. The molecule has 0 radical (unpaired) electrons. The molecule has 3 rings (SSSR count). The Morgan fingerprint density at radius 1 is 1.22 bits per heavy atom. The second-order valence-electron chi connectivity index (χ2n) is 5.41. The van der Waals surface area contributed by atoms with Gasteiger partial charge in [0.05, 0.1) is 12.2 Å². The molecule has 0 unspecified atom stereocenters. The van der Waals surface area contributed by atoms with Crippen molar-refractivity contribution in [3.63, 3.8) is 0 Å². The molecule has 0 amide bonds. The van der Waals surface area contributed by atoms with Crippen molar-refractivity contribution in [3.8, 4) is 5.75 Å². The Labute approximate surface area is 117 Å². The number of nitrogens with zero attached hydrogens (tertiary/aromatic N) is 1. The summed E-state index contributed by atoms with van der Waals surface area (Å²) in [6, 6.07) is 6.38. The molecule has 1 aliphatic heterocycles. The lowest BCUT2D eigenvalue weighted by Crippen LogP contribution is -2.37. The smallest absolute Gasteiger partial charge is 0.143 e. The summed E-state index contributed by atoms with van der Waals surface area (Å²) in [5.74, 6) is 1.92. The fourth-order valence-corrected chi connectivity index (χ4v) is 3.46. The van der Waals surface area contributed by atoms with E-state index in [1.165, 1.54) is 44.3 Å². The van der Waals surface area contributed by atoms with E-state index in [4.69, 9.17) is 4.74 Å². The minimum atomic E-state index is 0.816. The summed E-state index contributed by atoms with van der Waals surface area (Å²) >= 11 is 3.51. The van der Waals surface area contributed by atoms with Crippen molar-refractivity contribution in [2.45, 2.75) is 32.1 Å². The Morgan fingerprint density at radius 3 is 2.89 bits per heavy atom. The Kier molecular flexibility index (Phi) is 3.78. The van der Waals surface area contributed by atoms with Crippen molar-refractivity contribution < 1.29 is 4.74 Å². The van der Waals surface area contributed by atoms with Gasteiger partial charge in [-0.25, -0.2) is 0 Å². The highest BCUT2D eigenvalue weighted by Gasteiger charge is 2.22. The van der Waals surface area contributed by atoms with Crippen LogP contribution in [-0.2, 0) is 0 Å². The predicted octanol–water partition coefficient (Wildman–Crippen LogP) is 4.23. The lowest BCUT2D eigenvalue weighted by atomic mass is 9.89. The highest BCUT2D eigenvalue weighted by atomic mass is 79.9. The molecule has 1 aromatic rings. The molecule has 98 valence electrons. The molecule has 2 aliphatic rings. The molecule has 3 heteroatoms. The van der Waals surface area contributed by atoms with Gasteiger partial charge in [-0.05, 0) is 37.0 Å². The summed E-state index contributed by atoms with van der Waals surface area (Å²) in [4.78, 5) is 2.52. The fraction of sp³-hybridized carbons (Fsp3) is 0.600. The van der Waals surface area contributed by atoms with Crippen molar-refractivity contribution in [1.29, 1.82) is 0 Å². The zero-order chi connectivity index (χ0) is 12.4. The first-order valence-electron chi connectivity index (χ1n) is 7.00. The van der Waals surface area contributed by atoms with Gasteiger partial charge in [-0.15, -0.1) is 0 Å². The van der Waals surface area contributed by atoms with Gasteiger partial charge in [0.15, 0.2) is 0 Å². The standard InChI is InChI=1S/C15H20BrNO/c16-13-6-7-14-15(10-13)18-9-8-17(14)11-12-4-2-1-3-5-12/h6-7,10,12H,1-5,8-9,11H2. The van der Waals surface area contributed by atoms with Gasteiger partial charge in [0.1, 0.15) is 12.4 Å². The van der Waals surface area contributed by atoms with Crippen LogP contribution in [0.15, 0.2) is 22.7 Å². The first-order valence-corrected chi connectivity index (χ1v) is 7.79. The largest absolute Gasteiger partial charge is 0.490 e. The SMILES string of the molecule is Brc1ccc2c(c1)OCCN2CC1CCCCC1. The molecule has 0 N–H and O–H groups in total. The lowest BCUT2D eigenvalue weighted by molar-refractivity contribution is 0.292. The van der Waals surface area contributed by atoms with E-state index in [0.717, 1.165) is 29.3 Å². The van der Waals surface area contributed by atoms with Crippen molar-refractivity contribution in [1.82, 2.24) is 0 Å². The normalized spacial score (nSPS) is 20.4. The Bertz CT molecular complexity index is 415. The van der Waals surface area contributed by atoms with Gasteiger partial charge in [0.25, 0.3) is 0 Å². The van der Waals surface area contributed by atoms with Gasteiger partial charge < -0.3 is 9.64 Å². The minimum absolute atomic E-state index is 0.816. The van der Waals surface area contributed by atoms with Crippen molar-refractivity contribution in [3.05, 3.63) is 22.7 Å². The summed E-state index contributed by atoms with van der Waals surface area (Å²) in [6.45, 7) is 3.05. The van der Waals surface area contributed by atoms with E-state index in [1.807, 2.05) is 0 Å². The summed E-state index contributed by atoms with van der Waals surface area (Å²) in [7, 11) is 0. The van der Waals surface area contributed by atoms with E-state index in [0.29, 0.717) is 0 Å². The van der Waals surface area contributed by atoms with Crippen molar-refractivity contribution in [2.24, 2.45) is 5.92 Å². The average molecular weight is 310 g/mol. The van der Waals surface area contributed by atoms with Crippen LogP contribution in [0, 0.1) is 5.92 Å². The fourth-order valence-electron chi connectivity index (χ4n) is 3.12. The monoisotopic (exact) mass is 309 g/mol. The highest BCUT2D eigenvalue weighted by Crippen LogP contribution is 2.35. The molecular weight excluding hydrogens is 290 g/mol. The van der Waals surface area contributed by atoms with Gasteiger partial charge >= 0.3 is 0 Å². The zero-order valence-corrected chi connectivity index (χ0v) is 12.3. The summed E-state index contributed by atoms with van der Waals surface area (Å²) < 4.78 is 6.85. The van der Waals surface area contributed by atoms with Gasteiger partial charge in [-0.1, -0.05) is 35.2 Å². The third-order valence-corrected chi connectivity index (χ3v) is 4.58. The van der Waals surface area contributed by atoms with Crippen LogP contribution < -0.4 is 9.64 Å². The third kappa shape index (κ3) is 2.66. The quantitative estimate of drug-likeness (QED) is 0.810. The maximum absolute atomic E-state index is 5.75. The maximum atomic E-state index is 5.75. The molecule has 0 bridgehead atoms. The van der Waals surface area contributed by atoms with Crippen LogP contribution in [0.1, 0.15) is 32.1 Å². The van der Waals surface area contributed by atoms with Crippen LogP contribution in [0.2, 0.25) is 0 Å². The number of fused-ring (bicyclic) bond motifs is 1. The van der Waals surface area contributed by atoms with Crippen LogP contribution in [0.3, 0.4) is 0 Å². The van der Waals surface area contributed by atoms with E-state index >= 15 is 0 Å². The van der Waals surface area contributed by atoms with Crippen LogP contribution in [0.4, 0.5) is 5.69 Å². The maximum Gasteiger partial charge on any atom is 0.143 e. The first kappa shape index (κ1) is 12.3. The molecule has 18 heavy (non-hydrogen) atoms. The van der Waals surface area contributed by atoms with E-state index in [2.05, 4.69) is 39.0 Å². The molecule has 1 fully saturated rings. The summed E-state index contributed by atoms with van der Waals surface area (Å²) in [6.07, 6.45) is 7.08. The molecule has 1 saturated carbocycles. The number of hydrogen-bond donors (Lipinski definition) is 0. The topological polar surface area (TPSA) is 12.5 Å². The molecular formula is C15H20BrNO. The van der Waals surface area contributed by atoms with Gasteiger partial charge in [0, 0.05) is 11.0 Å². The average Bonchev–Trinajstić information content (AvgIpc) is 2.40. The summed E-state index contributed by atoms with van der Waals surface area (Å²) in [5, 5.41) is 0. The van der Waals surface area contributed by atoms with E-state index in [9.17, 15) is 0 Å². The second kappa shape index (κ2) is 5.52. The number of halogens is 1. The molecule has 0 saturated heterocycles. The Morgan fingerprint density at radius 2 is 2.06 bits per heavy atom. The predicted molar refractivity (Wildman–Crippen MR) is 78.4 cm³/mol. The van der Waals surface area contributed by atoms with Gasteiger partial charge in [-0.2, -0.15) is 0 Å². The summed E-state index contributed by atoms with van der Waals surface area (Å²) in [5.41, 5.74) is 1.27. The van der Waals surface area contributed by atoms with Crippen LogP contribution in [-0.4, -0.2) is 19.7 Å². The molecule has 2 nitrogen and oxygen atoms in total. The molecule has 1 aliphatic carbocycles. The van der Waals surface area contributed by atoms with Gasteiger partial charge in [-0.3, -0.25) is 0 Å². The zero-order valence-electron chi connectivity index (χ0n) is 10.7. The van der Waals surface area contributed by atoms with E-state index in [-0.39, 0.29) is 0 Å². The molecule has 1 aromatic carbocycles. The number of ether oxygens (including phenoxy) is 1. The molecule has 0 spiro atoms. The molecule has 0 atom stereocenters. The highest BCUT2D eigenvalue weighted by molar-refractivity contribution is 9.10. The lowest BCUT2D eigenvalue weighted by Gasteiger charge is -2.35. The van der Waals surface area contributed by atoms with Crippen LogP contribution in [0.25, 0.3) is 0 Å². The molecule has 0 aromatic heterocycles. The number of anilines is 1. The Balaban J connectivity index is 1.74. The van der Waals surface area contributed by atoms with Crippen molar-refractivity contribution in [2.75, 3.05) is 24.6 Å². The van der Waals surface area contributed by atoms with Gasteiger partial charge in [0.2, 0.25) is 0 Å². The van der Waals surface area contributed by atoms with E-state index in [1.54, 1.807) is 0 Å².